The number of carbonyl (C=O) groups is 2. The van der Waals surface area contributed by atoms with Crippen LogP contribution in [0.5, 0.6) is 0 Å². The number of nitrogens with two attached hydrogens (primary N) is 1. The van der Waals surface area contributed by atoms with E-state index in [-0.39, 0.29) is 5.56 Å². The Morgan fingerprint density at radius 3 is 2.70 bits per heavy atom. The minimum atomic E-state index is -1.05. The number of anilines is 1. The number of ether oxygens (including phenoxy) is 1. The predicted molar refractivity (Wildman–Crippen MR) is 69.1 cm³/mol. The Hall–Kier alpha value is -2.15. The monoisotopic (exact) mass is 282 g/mol. The fourth-order valence-electron chi connectivity index (χ4n) is 2.28. The highest BCUT2D eigenvalue weighted by molar-refractivity contribution is 5.99. The molecule has 2 rings (SSSR count). The summed E-state index contributed by atoms with van der Waals surface area (Å²) >= 11 is 0. The molecule has 1 heterocycles. The van der Waals surface area contributed by atoms with E-state index in [9.17, 15) is 14.0 Å². The summed E-state index contributed by atoms with van der Waals surface area (Å²) < 4.78 is 18.9. The zero-order valence-corrected chi connectivity index (χ0v) is 10.9. The van der Waals surface area contributed by atoms with Crippen molar-refractivity contribution < 1.29 is 23.8 Å². The number of aliphatic carboxylic acids is 1. The van der Waals surface area contributed by atoms with Crippen LogP contribution in [0.2, 0.25) is 0 Å². The summed E-state index contributed by atoms with van der Waals surface area (Å²) in [6, 6.07) is 4.26. The van der Waals surface area contributed by atoms with Crippen molar-refractivity contribution in [1.82, 2.24) is 0 Å². The van der Waals surface area contributed by atoms with Gasteiger partial charge in [0, 0.05) is 13.1 Å². The number of nitrogens with zero attached hydrogens (tertiary/aromatic N) is 1. The van der Waals surface area contributed by atoms with Crippen LogP contribution in [0.15, 0.2) is 18.2 Å². The predicted octanol–water partition coefficient (Wildman–Crippen LogP) is 0.604. The molecule has 1 aromatic rings. The van der Waals surface area contributed by atoms with Gasteiger partial charge in [0.15, 0.2) is 0 Å². The zero-order chi connectivity index (χ0) is 14.9. The number of amides is 1. The molecule has 1 fully saturated rings. The number of benzene rings is 1. The molecule has 1 amide bonds. The minimum Gasteiger partial charge on any atom is -0.480 e. The Labute approximate surface area is 114 Å². The van der Waals surface area contributed by atoms with Crippen molar-refractivity contribution in [1.29, 1.82) is 0 Å². The third kappa shape index (κ3) is 2.72. The summed E-state index contributed by atoms with van der Waals surface area (Å²) in [5.41, 5.74) is 4.80. The summed E-state index contributed by atoms with van der Waals surface area (Å²) in [7, 11) is 0. The Morgan fingerprint density at radius 2 is 2.15 bits per heavy atom. The van der Waals surface area contributed by atoms with Crippen LogP contribution in [-0.4, -0.2) is 42.3 Å². The second-order valence-corrected chi connectivity index (χ2v) is 4.99. The standard InChI is InChI=1S/C13H15FN2O4/c1-13(20-5-10(17)18)6-16(7-13)9-4-2-3-8(14)11(9)12(15)19/h2-4H,5-7H2,1H3,(H2,15,19)(H,17,18). The average Bonchev–Trinajstić information content (AvgIpc) is 2.32. The van der Waals surface area contributed by atoms with Crippen LogP contribution in [0.25, 0.3) is 0 Å². The van der Waals surface area contributed by atoms with Gasteiger partial charge in [0.1, 0.15) is 18.0 Å². The lowest BCUT2D eigenvalue weighted by Crippen LogP contribution is -2.62. The Kier molecular flexibility index (Phi) is 3.63. The number of rotatable bonds is 5. The molecule has 0 spiro atoms. The number of primary amides is 1. The van der Waals surface area contributed by atoms with Crippen LogP contribution in [0.1, 0.15) is 17.3 Å². The normalized spacial score (nSPS) is 16.6. The molecule has 0 unspecified atom stereocenters. The van der Waals surface area contributed by atoms with Gasteiger partial charge in [-0.15, -0.1) is 0 Å². The molecule has 0 atom stereocenters. The summed E-state index contributed by atoms with van der Waals surface area (Å²) in [4.78, 5) is 23.5. The van der Waals surface area contributed by atoms with Gasteiger partial charge in [-0.25, -0.2) is 9.18 Å². The second kappa shape index (κ2) is 5.09. The van der Waals surface area contributed by atoms with Crippen molar-refractivity contribution in [2.24, 2.45) is 5.73 Å². The van der Waals surface area contributed by atoms with Gasteiger partial charge >= 0.3 is 5.97 Å². The van der Waals surface area contributed by atoms with E-state index in [1.165, 1.54) is 12.1 Å². The zero-order valence-electron chi connectivity index (χ0n) is 10.9. The van der Waals surface area contributed by atoms with Gasteiger partial charge in [0.05, 0.1) is 11.3 Å². The van der Waals surface area contributed by atoms with Crippen LogP contribution in [-0.2, 0) is 9.53 Å². The lowest BCUT2D eigenvalue weighted by molar-refractivity contribution is -0.150. The smallest absolute Gasteiger partial charge is 0.329 e. The third-order valence-corrected chi connectivity index (χ3v) is 3.17. The van der Waals surface area contributed by atoms with E-state index in [1.54, 1.807) is 17.9 Å². The maximum atomic E-state index is 13.6. The van der Waals surface area contributed by atoms with Gasteiger partial charge in [-0.3, -0.25) is 4.79 Å². The topological polar surface area (TPSA) is 92.9 Å². The molecular formula is C13H15FN2O4. The van der Waals surface area contributed by atoms with Crippen molar-refractivity contribution in [2.75, 3.05) is 24.6 Å². The lowest BCUT2D eigenvalue weighted by atomic mass is 9.94. The largest absolute Gasteiger partial charge is 0.480 e. The highest BCUT2D eigenvalue weighted by Gasteiger charge is 2.41. The lowest BCUT2D eigenvalue weighted by Gasteiger charge is -2.49. The summed E-state index contributed by atoms with van der Waals surface area (Å²) in [5, 5.41) is 8.58. The highest BCUT2D eigenvalue weighted by atomic mass is 19.1. The Balaban J connectivity index is 2.11. The molecule has 1 aliphatic rings. The molecule has 0 aliphatic carbocycles. The van der Waals surface area contributed by atoms with E-state index >= 15 is 0 Å². The first kappa shape index (κ1) is 14.3. The number of carboxylic acids is 1. The van der Waals surface area contributed by atoms with E-state index in [2.05, 4.69) is 0 Å². The Morgan fingerprint density at radius 1 is 1.50 bits per heavy atom. The molecule has 0 aromatic heterocycles. The van der Waals surface area contributed by atoms with Crippen molar-refractivity contribution in [3.8, 4) is 0 Å². The quantitative estimate of drug-likeness (QED) is 0.825. The number of hydrogen-bond donors (Lipinski definition) is 2. The van der Waals surface area contributed by atoms with E-state index < -0.39 is 29.9 Å². The fraction of sp³-hybridized carbons (Fsp3) is 0.385. The van der Waals surface area contributed by atoms with E-state index in [0.717, 1.165) is 0 Å². The van der Waals surface area contributed by atoms with E-state index in [1.807, 2.05) is 0 Å². The molecule has 20 heavy (non-hydrogen) atoms. The van der Waals surface area contributed by atoms with Gasteiger partial charge in [-0.05, 0) is 19.1 Å². The summed E-state index contributed by atoms with van der Waals surface area (Å²) in [6.07, 6.45) is 0. The number of carboxylic acid groups (broad SMARTS) is 1. The summed E-state index contributed by atoms with van der Waals surface area (Å²) in [5.74, 6) is -2.55. The first-order chi connectivity index (χ1) is 9.32. The molecule has 1 aromatic carbocycles. The van der Waals surface area contributed by atoms with Gasteiger partial charge < -0.3 is 20.5 Å². The molecule has 0 radical (unpaired) electrons. The van der Waals surface area contributed by atoms with Crippen LogP contribution in [0.4, 0.5) is 10.1 Å². The molecule has 1 saturated heterocycles. The Bertz CT molecular complexity index is 555. The van der Waals surface area contributed by atoms with Crippen LogP contribution in [0, 0.1) is 5.82 Å². The summed E-state index contributed by atoms with van der Waals surface area (Å²) in [6.45, 7) is 2.10. The van der Waals surface area contributed by atoms with Gasteiger partial charge in [0.2, 0.25) is 0 Å². The highest BCUT2D eigenvalue weighted by Crippen LogP contribution is 2.33. The molecule has 7 heteroatoms. The molecule has 0 bridgehead atoms. The van der Waals surface area contributed by atoms with E-state index in [4.69, 9.17) is 15.6 Å². The number of carbonyl (C=O) groups excluding carboxylic acids is 1. The van der Waals surface area contributed by atoms with Crippen LogP contribution in [0.3, 0.4) is 0 Å². The maximum Gasteiger partial charge on any atom is 0.329 e. The van der Waals surface area contributed by atoms with Gasteiger partial charge in [0.25, 0.3) is 5.91 Å². The van der Waals surface area contributed by atoms with Gasteiger partial charge in [-0.1, -0.05) is 6.07 Å². The number of hydrogen-bond acceptors (Lipinski definition) is 4. The first-order valence-electron chi connectivity index (χ1n) is 6.01. The molecule has 6 nitrogen and oxygen atoms in total. The SMILES string of the molecule is CC1(OCC(=O)O)CN(c2cccc(F)c2C(N)=O)C1. The molecule has 1 aliphatic heterocycles. The molecule has 0 saturated carbocycles. The van der Waals surface area contributed by atoms with Crippen LogP contribution >= 0.6 is 0 Å². The molecule has 108 valence electrons. The third-order valence-electron chi connectivity index (χ3n) is 3.17. The average molecular weight is 282 g/mol. The maximum absolute atomic E-state index is 13.6. The second-order valence-electron chi connectivity index (χ2n) is 4.99. The van der Waals surface area contributed by atoms with E-state index in [0.29, 0.717) is 18.8 Å². The van der Waals surface area contributed by atoms with Crippen molar-refractivity contribution in [2.45, 2.75) is 12.5 Å². The minimum absolute atomic E-state index is 0.159. The van der Waals surface area contributed by atoms with Gasteiger partial charge in [-0.2, -0.15) is 0 Å². The van der Waals surface area contributed by atoms with Crippen molar-refractivity contribution in [3.05, 3.63) is 29.6 Å². The number of halogens is 1. The first-order valence-corrected chi connectivity index (χ1v) is 6.01. The van der Waals surface area contributed by atoms with Crippen molar-refractivity contribution >= 4 is 17.6 Å². The fourth-order valence-corrected chi connectivity index (χ4v) is 2.28. The van der Waals surface area contributed by atoms with Crippen LogP contribution < -0.4 is 10.6 Å². The molecule has 3 N–H and O–H groups in total. The van der Waals surface area contributed by atoms with Crippen molar-refractivity contribution in [3.63, 3.8) is 0 Å². The molecular weight excluding hydrogens is 267 g/mol.